The van der Waals surface area contributed by atoms with Crippen molar-refractivity contribution in [3.63, 3.8) is 0 Å². The van der Waals surface area contributed by atoms with Gasteiger partial charge in [0.1, 0.15) is 5.82 Å². The average Bonchev–Trinajstić information content (AvgIpc) is 3.46. The number of likely N-dealkylation sites (tertiary alicyclic amines) is 1. The largest absolute Gasteiger partial charge is 0.478 e. The number of hydrogen-bond donors (Lipinski definition) is 1. The Kier molecular flexibility index (Phi) is 5.22. The molecule has 0 unspecified atom stereocenters. The number of aromatic nitrogens is 2. The number of carbonyl (C=O) groups excluding carboxylic acids is 1. The summed E-state index contributed by atoms with van der Waals surface area (Å²) in [5.74, 6) is -0.0519. The van der Waals surface area contributed by atoms with Gasteiger partial charge in [0, 0.05) is 30.3 Å². The quantitative estimate of drug-likeness (QED) is 0.638. The molecule has 5 rings (SSSR count). The first-order chi connectivity index (χ1) is 15.1. The van der Waals surface area contributed by atoms with E-state index in [1.54, 1.807) is 12.1 Å². The van der Waals surface area contributed by atoms with Crippen molar-refractivity contribution in [1.82, 2.24) is 14.5 Å². The molecule has 1 aliphatic carbocycles. The Labute approximate surface area is 181 Å². The topological polar surface area (TPSA) is 75.4 Å². The van der Waals surface area contributed by atoms with Gasteiger partial charge in [-0.1, -0.05) is 25.0 Å². The van der Waals surface area contributed by atoms with Crippen LogP contribution in [0.2, 0.25) is 0 Å². The van der Waals surface area contributed by atoms with Crippen molar-refractivity contribution < 1.29 is 14.7 Å². The fraction of sp³-hybridized carbons (Fsp3) is 0.400. The molecule has 0 spiro atoms. The lowest BCUT2D eigenvalue weighted by atomic mass is 10.1. The smallest absolute Gasteiger partial charge is 0.335 e. The van der Waals surface area contributed by atoms with Crippen LogP contribution in [0.4, 0.5) is 0 Å². The van der Waals surface area contributed by atoms with Crippen molar-refractivity contribution in [3.05, 3.63) is 53.6 Å². The molecule has 1 amide bonds. The summed E-state index contributed by atoms with van der Waals surface area (Å²) >= 11 is 0. The number of amides is 1. The molecule has 1 aromatic heterocycles. The van der Waals surface area contributed by atoms with E-state index in [1.165, 1.54) is 19.3 Å². The van der Waals surface area contributed by atoms with Crippen molar-refractivity contribution >= 4 is 22.9 Å². The van der Waals surface area contributed by atoms with Crippen LogP contribution in [-0.2, 0) is 0 Å². The van der Waals surface area contributed by atoms with Crippen LogP contribution in [0.25, 0.3) is 22.4 Å². The highest BCUT2D eigenvalue weighted by atomic mass is 16.4. The van der Waals surface area contributed by atoms with Gasteiger partial charge in [0.2, 0.25) is 0 Å². The summed E-state index contributed by atoms with van der Waals surface area (Å²) in [6.45, 7) is 1.64. The first-order valence-electron chi connectivity index (χ1n) is 11.3. The van der Waals surface area contributed by atoms with E-state index in [9.17, 15) is 14.7 Å². The van der Waals surface area contributed by atoms with Gasteiger partial charge in [-0.3, -0.25) is 4.79 Å². The van der Waals surface area contributed by atoms with E-state index in [2.05, 4.69) is 4.57 Å². The second-order valence-electron chi connectivity index (χ2n) is 8.69. The number of aromatic carboxylic acids is 1. The van der Waals surface area contributed by atoms with Crippen LogP contribution in [-0.4, -0.2) is 44.5 Å². The molecule has 3 aromatic rings. The molecule has 160 valence electrons. The maximum Gasteiger partial charge on any atom is 0.335 e. The number of imidazole rings is 1. The van der Waals surface area contributed by atoms with Gasteiger partial charge in [-0.2, -0.15) is 0 Å². The standard InChI is InChI=1S/C25H27N3O3/c29-24(27-13-4-1-5-14-27)18-8-6-7-17(15-18)23-26-21-16-19(25(30)31)11-12-22(21)28(23)20-9-2-3-10-20/h6-8,11-12,15-16,20H,1-5,9-10,13-14H2,(H,30,31). The number of piperidine rings is 1. The monoisotopic (exact) mass is 417 g/mol. The summed E-state index contributed by atoms with van der Waals surface area (Å²) in [7, 11) is 0. The maximum atomic E-state index is 13.0. The SMILES string of the molecule is O=C(O)c1ccc2c(c1)nc(-c1cccc(C(=O)N3CCCCC3)c1)n2C1CCCC1. The molecular weight excluding hydrogens is 390 g/mol. The minimum Gasteiger partial charge on any atom is -0.478 e. The number of fused-ring (bicyclic) bond motifs is 1. The third-order valence-corrected chi connectivity index (χ3v) is 6.64. The van der Waals surface area contributed by atoms with Gasteiger partial charge in [0.15, 0.2) is 0 Å². The van der Waals surface area contributed by atoms with E-state index >= 15 is 0 Å². The van der Waals surface area contributed by atoms with Crippen molar-refractivity contribution in [2.75, 3.05) is 13.1 Å². The molecule has 2 heterocycles. The van der Waals surface area contributed by atoms with Crippen LogP contribution in [0.1, 0.15) is 71.7 Å². The summed E-state index contributed by atoms with van der Waals surface area (Å²) in [6.07, 6.45) is 7.86. The first-order valence-corrected chi connectivity index (χ1v) is 11.3. The lowest BCUT2D eigenvalue weighted by Crippen LogP contribution is -2.35. The summed E-state index contributed by atoms with van der Waals surface area (Å²) in [4.78, 5) is 31.3. The van der Waals surface area contributed by atoms with Crippen molar-refractivity contribution in [2.24, 2.45) is 0 Å². The molecule has 0 radical (unpaired) electrons. The van der Waals surface area contributed by atoms with Crippen LogP contribution >= 0.6 is 0 Å². The third-order valence-electron chi connectivity index (χ3n) is 6.64. The lowest BCUT2D eigenvalue weighted by Gasteiger charge is -2.27. The molecule has 1 N–H and O–H groups in total. The van der Waals surface area contributed by atoms with E-state index in [0.717, 1.165) is 55.7 Å². The molecule has 1 saturated carbocycles. The Morgan fingerprint density at radius 1 is 0.903 bits per heavy atom. The van der Waals surface area contributed by atoms with Crippen molar-refractivity contribution in [2.45, 2.75) is 51.0 Å². The minimum atomic E-state index is -0.951. The van der Waals surface area contributed by atoms with Crippen molar-refractivity contribution in [1.29, 1.82) is 0 Å². The second-order valence-corrected chi connectivity index (χ2v) is 8.69. The van der Waals surface area contributed by atoms with Crippen LogP contribution in [0.3, 0.4) is 0 Å². The van der Waals surface area contributed by atoms with Gasteiger partial charge in [-0.05, 0) is 62.4 Å². The Balaban J connectivity index is 1.59. The molecule has 1 aliphatic heterocycles. The molecule has 2 aliphatic rings. The van der Waals surface area contributed by atoms with E-state index in [0.29, 0.717) is 17.1 Å². The normalized spacial score (nSPS) is 17.4. The fourth-order valence-electron chi connectivity index (χ4n) is 5.04. The highest BCUT2D eigenvalue weighted by Crippen LogP contribution is 2.37. The van der Waals surface area contributed by atoms with E-state index in [-0.39, 0.29) is 11.5 Å². The van der Waals surface area contributed by atoms with Gasteiger partial charge >= 0.3 is 5.97 Å². The number of rotatable bonds is 4. The molecule has 0 atom stereocenters. The van der Waals surface area contributed by atoms with Crippen LogP contribution in [0, 0.1) is 0 Å². The number of carboxylic acids is 1. The zero-order chi connectivity index (χ0) is 21.4. The molecule has 31 heavy (non-hydrogen) atoms. The Morgan fingerprint density at radius 3 is 2.42 bits per heavy atom. The van der Waals surface area contributed by atoms with Crippen LogP contribution in [0.5, 0.6) is 0 Å². The van der Waals surface area contributed by atoms with E-state index in [4.69, 9.17) is 4.98 Å². The predicted octanol–water partition coefficient (Wildman–Crippen LogP) is 5.14. The highest BCUT2D eigenvalue weighted by Gasteiger charge is 2.25. The number of hydrogen-bond acceptors (Lipinski definition) is 3. The summed E-state index contributed by atoms with van der Waals surface area (Å²) < 4.78 is 2.26. The third kappa shape index (κ3) is 3.71. The van der Waals surface area contributed by atoms with Gasteiger partial charge < -0.3 is 14.6 Å². The van der Waals surface area contributed by atoms with Crippen molar-refractivity contribution in [3.8, 4) is 11.4 Å². The van der Waals surface area contributed by atoms with E-state index < -0.39 is 5.97 Å². The Morgan fingerprint density at radius 2 is 1.68 bits per heavy atom. The number of nitrogens with zero attached hydrogens (tertiary/aromatic N) is 3. The summed E-state index contributed by atoms with van der Waals surface area (Å²) in [6, 6.07) is 13.3. The zero-order valence-corrected chi connectivity index (χ0v) is 17.6. The molecule has 2 fully saturated rings. The molecular formula is C25H27N3O3. The maximum absolute atomic E-state index is 13.0. The van der Waals surface area contributed by atoms with Gasteiger partial charge in [0.05, 0.1) is 16.6 Å². The average molecular weight is 418 g/mol. The molecule has 0 bridgehead atoms. The lowest BCUT2D eigenvalue weighted by molar-refractivity contribution is 0.0694. The van der Waals surface area contributed by atoms with Crippen LogP contribution in [0.15, 0.2) is 42.5 Å². The second kappa shape index (κ2) is 8.17. The Hall–Kier alpha value is -3.15. The molecule has 1 saturated heterocycles. The molecule has 6 heteroatoms. The number of carbonyl (C=O) groups is 2. The number of benzene rings is 2. The fourth-order valence-corrected chi connectivity index (χ4v) is 5.04. The molecule has 2 aromatic carbocycles. The van der Waals surface area contributed by atoms with Gasteiger partial charge in [-0.15, -0.1) is 0 Å². The predicted molar refractivity (Wildman–Crippen MR) is 119 cm³/mol. The first kappa shape index (κ1) is 19.8. The minimum absolute atomic E-state index is 0.0817. The Bertz CT molecular complexity index is 1140. The van der Waals surface area contributed by atoms with E-state index in [1.807, 2.05) is 35.2 Å². The molecule has 6 nitrogen and oxygen atoms in total. The summed E-state index contributed by atoms with van der Waals surface area (Å²) in [5.41, 5.74) is 3.48. The van der Waals surface area contributed by atoms with Crippen LogP contribution < -0.4 is 0 Å². The highest BCUT2D eigenvalue weighted by molar-refractivity contribution is 5.96. The number of carboxylic acid groups (broad SMARTS) is 1. The van der Waals surface area contributed by atoms with Gasteiger partial charge in [-0.25, -0.2) is 9.78 Å². The zero-order valence-electron chi connectivity index (χ0n) is 17.6. The van der Waals surface area contributed by atoms with Gasteiger partial charge in [0.25, 0.3) is 5.91 Å². The summed E-state index contributed by atoms with van der Waals surface area (Å²) in [5, 5.41) is 9.39.